The van der Waals surface area contributed by atoms with Crippen molar-refractivity contribution in [3.8, 4) is 11.8 Å². The number of methoxy groups -OCH3 is 1. The van der Waals surface area contributed by atoms with Crippen molar-refractivity contribution >= 4 is 16.6 Å². The second-order valence-electron chi connectivity index (χ2n) is 4.87. The fraction of sp³-hybridized carbons (Fsp3) is 0.111. The lowest BCUT2D eigenvalue weighted by Crippen LogP contribution is -1.95. The second-order valence-corrected chi connectivity index (χ2v) is 4.87. The number of hydrogen-bond acceptors (Lipinski definition) is 5. The zero-order valence-electron chi connectivity index (χ0n) is 12.5. The molecule has 0 fully saturated rings. The zero-order valence-corrected chi connectivity index (χ0v) is 12.5. The van der Waals surface area contributed by atoms with Crippen LogP contribution in [-0.4, -0.2) is 12.1 Å². The summed E-state index contributed by atoms with van der Waals surface area (Å²) in [6, 6.07) is 20.1. The molecule has 1 unspecified atom stereocenters. The van der Waals surface area contributed by atoms with Gasteiger partial charge in [0.1, 0.15) is 5.75 Å². The van der Waals surface area contributed by atoms with Crippen LogP contribution in [-0.2, 0) is 0 Å². The highest BCUT2D eigenvalue weighted by molar-refractivity contribution is 5.78. The first kappa shape index (κ1) is 14.7. The number of nitrogens with zero attached hydrogens (tertiary/aromatic N) is 4. The molecule has 0 radical (unpaired) electrons. The minimum absolute atomic E-state index is 0.587. The summed E-state index contributed by atoms with van der Waals surface area (Å²) in [6.45, 7) is 0. The summed E-state index contributed by atoms with van der Waals surface area (Å²) in [4.78, 5) is 4.49. The molecule has 3 rings (SSSR count). The Balaban J connectivity index is 1.85. The molecule has 0 spiro atoms. The lowest BCUT2D eigenvalue weighted by molar-refractivity contribution is 0.415. The quantitative estimate of drug-likeness (QED) is 0.662. The van der Waals surface area contributed by atoms with Gasteiger partial charge in [-0.05, 0) is 36.4 Å². The highest BCUT2D eigenvalue weighted by atomic mass is 16.5. The number of pyridine rings is 1. The summed E-state index contributed by atoms with van der Waals surface area (Å²) in [5.41, 5.74) is 2.08. The first-order valence-electron chi connectivity index (χ1n) is 7.10. The Morgan fingerprint density at radius 3 is 2.57 bits per heavy atom. The molecule has 0 amide bonds. The predicted octanol–water partition coefficient (Wildman–Crippen LogP) is 4.59. The third-order valence-corrected chi connectivity index (χ3v) is 3.38. The van der Waals surface area contributed by atoms with Crippen molar-refractivity contribution in [2.75, 3.05) is 7.11 Å². The molecule has 3 aromatic rings. The van der Waals surface area contributed by atoms with Crippen molar-refractivity contribution in [3.63, 3.8) is 0 Å². The van der Waals surface area contributed by atoms with Gasteiger partial charge in [0.25, 0.3) is 0 Å². The molecule has 0 aliphatic rings. The van der Waals surface area contributed by atoms with E-state index in [0.717, 1.165) is 16.7 Å². The maximum Gasteiger partial charge on any atom is 0.199 e. The van der Waals surface area contributed by atoms with E-state index in [9.17, 15) is 5.26 Å². The van der Waals surface area contributed by atoms with E-state index < -0.39 is 6.04 Å². The van der Waals surface area contributed by atoms with Crippen molar-refractivity contribution in [2.24, 2.45) is 10.2 Å². The van der Waals surface area contributed by atoms with Gasteiger partial charge in [-0.3, -0.25) is 0 Å². The van der Waals surface area contributed by atoms with Crippen molar-refractivity contribution in [1.82, 2.24) is 4.98 Å². The first-order chi connectivity index (χ1) is 11.3. The molecule has 0 saturated heterocycles. The van der Waals surface area contributed by atoms with Gasteiger partial charge in [-0.1, -0.05) is 24.3 Å². The molecule has 0 aliphatic heterocycles. The van der Waals surface area contributed by atoms with Gasteiger partial charge in [-0.25, -0.2) is 4.98 Å². The van der Waals surface area contributed by atoms with E-state index in [2.05, 4.69) is 21.3 Å². The molecule has 0 aliphatic carbocycles. The van der Waals surface area contributed by atoms with Crippen molar-refractivity contribution in [1.29, 1.82) is 5.26 Å². The maximum absolute atomic E-state index is 9.35. The first-order valence-corrected chi connectivity index (χ1v) is 7.10. The van der Waals surface area contributed by atoms with E-state index in [1.807, 2.05) is 36.4 Å². The number of ether oxygens (including phenoxy) is 1. The second kappa shape index (κ2) is 6.67. The molecular formula is C18H14N4O. The van der Waals surface area contributed by atoms with Gasteiger partial charge in [0, 0.05) is 5.39 Å². The Morgan fingerprint density at radius 2 is 1.83 bits per heavy atom. The van der Waals surface area contributed by atoms with Gasteiger partial charge in [-0.2, -0.15) is 15.5 Å². The third kappa shape index (κ3) is 3.33. The topological polar surface area (TPSA) is 70.6 Å². The van der Waals surface area contributed by atoms with E-state index in [1.54, 1.807) is 31.4 Å². The van der Waals surface area contributed by atoms with Gasteiger partial charge in [-0.15, -0.1) is 0 Å². The normalized spacial score (nSPS) is 12.2. The lowest BCUT2D eigenvalue weighted by Gasteiger charge is -2.04. The number of rotatable bonds is 4. The average molecular weight is 302 g/mol. The van der Waals surface area contributed by atoms with Crippen LogP contribution in [0.1, 0.15) is 11.7 Å². The van der Waals surface area contributed by atoms with E-state index >= 15 is 0 Å². The van der Waals surface area contributed by atoms with Gasteiger partial charge < -0.3 is 4.74 Å². The summed E-state index contributed by atoms with van der Waals surface area (Å²) in [7, 11) is 1.60. The van der Waals surface area contributed by atoms with E-state index in [-0.39, 0.29) is 0 Å². The molecule has 2 aromatic carbocycles. The fourth-order valence-electron chi connectivity index (χ4n) is 2.16. The van der Waals surface area contributed by atoms with Crippen LogP contribution >= 0.6 is 0 Å². The Kier molecular flexibility index (Phi) is 4.25. The molecule has 1 heterocycles. The molecule has 23 heavy (non-hydrogen) atoms. The Bertz CT molecular complexity index is 881. The third-order valence-electron chi connectivity index (χ3n) is 3.38. The predicted molar refractivity (Wildman–Crippen MR) is 87.6 cm³/mol. The van der Waals surface area contributed by atoms with E-state index in [0.29, 0.717) is 11.4 Å². The molecule has 5 heteroatoms. The number of hydrogen-bond donors (Lipinski definition) is 0. The number of para-hydroxylation sites is 1. The Hall–Kier alpha value is -3.26. The molecule has 0 bridgehead atoms. The minimum atomic E-state index is -0.735. The Labute approximate surface area is 133 Å². The molecule has 1 atom stereocenters. The summed E-state index contributed by atoms with van der Waals surface area (Å²) < 4.78 is 5.09. The lowest BCUT2D eigenvalue weighted by atomic mass is 10.1. The summed E-state index contributed by atoms with van der Waals surface area (Å²) >= 11 is 0. The number of aromatic nitrogens is 1. The smallest absolute Gasteiger partial charge is 0.199 e. The van der Waals surface area contributed by atoms with Crippen LogP contribution in [0.3, 0.4) is 0 Å². The maximum atomic E-state index is 9.35. The van der Waals surface area contributed by atoms with Crippen molar-refractivity contribution in [2.45, 2.75) is 6.04 Å². The molecule has 112 valence electrons. The molecular weight excluding hydrogens is 288 g/mol. The number of benzene rings is 2. The zero-order chi connectivity index (χ0) is 16.1. The standard InChI is InChI=1S/C18H14N4O/c1-23-15-9-7-14(8-10-15)21-22-18(12-19)17-11-6-13-4-2-3-5-16(13)20-17/h2-11,18H,1H3. The van der Waals surface area contributed by atoms with Gasteiger partial charge >= 0.3 is 0 Å². The van der Waals surface area contributed by atoms with Crippen LogP contribution in [0.25, 0.3) is 10.9 Å². The number of nitriles is 1. The van der Waals surface area contributed by atoms with Crippen LogP contribution in [0.2, 0.25) is 0 Å². The molecule has 1 aromatic heterocycles. The molecule has 5 nitrogen and oxygen atoms in total. The van der Waals surface area contributed by atoms with Crippen LogP contribution in [0.15, 0.2) is 70.9 Å². The van der Waals surface area contributed by atoms with Crippen molar-refractivity contribution in [3.05, 3.63) is 66.4 Å². The number of azo groups is 1. The largest absolute Gasteiger partial charge is 0.497 e. The van der Waals surface area contributed by atoms with E-state index in [4.69, 9.17) is 4.74 Å². The molecule has 0 saturated carbocycles. The fourth-order valence-corrected chi connectivity index (χ4v) is 2.16. The van der Waals surface area contributed by atoms with Crippen LogP contribution in [0, 0.1) is 11.3 Å². The summed E-state index contributed by atoms with van der Waals surface area (Å²) in [5.74, 6) is 0.747. The highest BCUT2D eigenvalue weighted by Gasteiger charge is 2.11. The summed E-state index contributed by atoms with van der Waals surface area (Å²) in [6.07, 6.45) is 0. The van der Waals surface area contributed by atoms with Crippen LogP contribution in [0.4, 0.5) is 5.69 Å². The van der Waals surface area contributed by atoms with Gasteiger partial charge in [0.2, 0.25) is 0 Å². The van der Waals surface area contributed by atoms with Gasteiger partial charge in [0.15, 0.2) is 6.04 Å². The van der Waals surface area contributed by atoms with Crippen LogP contribution < -0.4 is 4.74 Å². The van der Waals surface area contributed by atoms with Gasteiger partial charge in [0.05, 0.1) is 30.1 Å². The van der Waals surface area contributed by atoms with E-state index in [1.165, 1.54) is 0 Å². The molecule has 0 N–H and O–H groups in total. The van der Waals surface area contributed by atoms with Crippen LogP contribution in [0.5, 0.6) is 5.75 Å². The SMILES string of the molecule is COc1ccc(N=NC(C#N)c2ccc3ccccc3n2)cc1. The monoisotopic (exact) mass is 302 g/mol. The average Bonchev–Trinajstić information content (AvgIpc) is 2.62. The minimum Gasteiger partial charge on any atom is -0.497 e. The number of fused-ring (bicyclic) bond motifs is 1. The van der Waals surface area contributed by atoms with Crippen molar-refractivity contribution < 1.29 is 4.74 Å². The summed E-state index contributed by atoms with van der Waals surface area (Å²) in [5, 5.41) is 18.6. The Morgan fingerprint density at radius 1 is 1.04 bits per heavy atom. The highest BCUT2D eigenvalue weighted by Crippen LogP contribution is 2.23.